The second kappa shape index (κ2) is 8.86. The average Bonchev–Trinajstić information content (AvgIpc) is 2.67. The molecular weight excluding hydrogens is 350 g/mol. The summed E-state index contributed by atoms with van der Waals surface area (Å²) in [4.78, 5) is 26.6. The second-order valence-electron chi connectivity index (χ2n) is 6.62. The zero-order valence-corrected chi connectivity index (χ0v) is 15.3. The molecule has 136 valence electrons. The van der Waals surface area contributed by atoms with E-state index in [-0.39, 0.29) is 17.8 Å². The first-order valence-corrected chi connectivity index (χ1v) is 9.24. The predicted molar refractivity (Wildman–Crippen MR) is 101 cm³/mol. The van der Waals surface area contributed by atoms with Gasteiger partial charge >= 0.3 is 5.97 Å². The van der Waals surface area contributed by atoms with E-state index in [4.69, 9.17) is 16.3 Å². The number of amides is 1. The van der Waals surface area contributed by atoms with Gasteiger partial charge in [-0.2, -0.15) is 0 Å². The number of likely N-dealkylation sites (tertiary alicyclic amines) is 1. The molecule has 0 unspecified atom stereocenters. The zero-order valence-electron chi connectivity index (χ0n) is 14.6. The fourth-order valence-electron chi connectivity index (χ4n) is 3.22. The summed E-state index contributed by atoms with van der Waals surface area (Å²) < 4.78 is 5.37. The fraction of sp³-hybridized carbons (Fsp3) is 0.333. The van der Waals surface area contributed by atoms with Gasteiger partial charge in [0, 0.05) is 23.7 Å². The number of carbonyl (C=O) groups excluding carboxylic acids is 2. The SMILES string of the molecule is O=C(C[C@@H]1CCCN(C(=O)c2ccc(Cl)cc2)C1)OCc1ccccc1. The molecule has 1 fully saturated rings. The Morgan fingerprint density at radius 1 is 1.08 bits per heavy atom. The number of hydrogen-bond acceptors (Lipinski definition) is 3. The monoisotopic (exact) mass is 371 g/mol. The van der Waals surface area contributed by atoms with Crippen molar-refractivity contribution in [2.45, 2.75) is 25.9 Å². The first kappa shape index (κ1) is 18.5. The molecule has 0 spiro atoms. The van der Waals surface area contributed by atoms with Crippen molar-refractivity contribution in [1.82, 2.24) is 4.90 Å². The molecule has 0 N–H and O–H groups in total. The van der Waals surface area contributed by atoms with Crippen LogP contribution in [0.5, 0.6) is 0 Å². The number of hydrogen-bond donors (Lipinski definition) is 0. The van der Waals surface area contributed by atoms with Crippen LogP contribution in [-0.4, -0.2) is 29.9 Å². The Bertz CT molecular complexity index is 746. The summed E-state index contributed by atoms with van der Waals surface area (Å²) in [6, 6.07) is 16.6. The standard InChI is InChI=1S/C21H22ClNO3/c22-19-10-8-18(9-11-19)21(25)23-12-4-7-17(14-23)13-20(24)26-15-16-5-2-1-3-6-16/h1-3,5-6,8-11,17H,4,7,12-15H2/t17-/m0/s1. The van der Waals surface area contributed by atoms with Crippen molar-refractivity contribution < 1.29 is 14.3 Å². The lowest BCUT2D eigenvalue weighted by Crippen LogP contribution is -2.40. The van der Waals surface area contributed by atoms with E-state index in [0.29, 0.717) is 30.2 Å². The van der Waals surface area contributed by atoms with E-state index in [9.17, 15) is 9.59 Å². The molecule has 1 atom stereocenters. The summed E-state index contributed by atoms with van der Waals surface area (Å²) in [6.45, 7) is 1.60. The van der Waals surface area contributed by atoms with Gasteiger partial charge in [0.05, 0.1) is 6.42 Å². The van der Waals surface area contributed by atoms with E-state index in [1.54, 1.807) is 24.3 Å². The first-order chi connectivity index (χ1) is 12.6. The third kappa shape index (κ3) is 5.09. The molecule has 1 saturated heterocycles. The third-order valence-corrected chi connectivity index (χ3v) is 4.85. The zero-order chi connectivity index (χ0) is 18.4. The van der Waals surface area contributed by atoms with Crippen LogP contribution in [0.25, 0.3) is 0 Å². The maximum atomic E-state index is 12.6. The summed E-state index contributed by atoms with van der Waals surface area (Å²) >= 11 is 5.88. The minimum Gasteiger partial charge on any atom is -0.461 e. The summed E-state index contributed by atoms with van der Waals surface area (Å²) in [7, 11) is 0. The van der Waals surface area contributed by atoms with Crippen molar-refractivity contribution in [2.24, 2.45) is 5.92 Å². The Morgan fingerprint density at radius 3 is 2.54 bits per heavy atom. The van der Waals surface area contributed by atoms with E-state index in [1.165, 1.54) is 0 Å². The third-order valence-electron chi connectivity index (χ3n) is 4.60. The number of esters is 1. The maximum Gasteiger partial charge on any atom is 0.306 e. The number of halogens is 1. The minimum atomic E-state index is -0.209. The molecule has 0 saturated carbocycles. The lowest BCUT2D eigenvalue weighted by Gasteiger charge is -2.32. The Labute approximate surface area is 158 Å². The van der Waals surface area contributed by atoms with Crippen molar-refractivity contribution in [3.8, 4) is 0 Å². The Balaban J connectivity index is 1.50. The van der Waals surface area contributed by atoms with E-state index in [0.717, 1.165) is 24.9 Å². The van der Waals surface area contributed by atoms with Gasteiger partial charge < -0.3 is 9.64 Å². The Kier molecular flexibility index (Phi) is 6.29. The van der Waals surface area contributed by atoms with Crippen LogP contribution in [0.1, 0.15) is 35.2 Å². The Morgan fingerprint density at radius 2 is 1.81 bits per heavy atom. The summed E-state index contributed by atoms with van der Waals surface area (Å²) in [5, 5.41) is 0.610. The summed E-state index contributed by atoms with van der Waals surface area (Å²) in [5.41, 5.74) is 1.60. The molecule has 1 aliphatic rings. The van der Waals surface area contributed by atoms with E-state index in [1.807, 2.05) is 35.2 Å². The number of piperidine rings is 1. The van der Waals surface area contributed by atoms with E-state index in [2.05, 4.69) is 0 Å². The predicted octanol–water partition coefficient (Wildman–Crippen LogP) is 4.33. The Hall–Kier alpha value is -2.33. The van der Waals surface area contributed by atoms with Crippen molar-refractivity contribution in [3.63, 3.8) is 0 Å². The number of benzene rings is 2. The highest BCUT2D eigenvalue weighted by atomic mass is 35.5. The topological polar surface area (TPSA) is 46.6 Å². The van der Waals surface area contributed by atoms with Gasteiger partial charge in [-0.15, -0.1) is 0 Å². The van der Waals surface area contributed by atoms with Crippen LogP contribution in [0, 0.1) is 5.92 Å². The van der Waals surface area contributed by atoms with Gasteiger partial charge in [0.2, 0.25) is 0 Å². The van der Waals surface area contributed by atoms with Crippen LogP contribution in [0.3, 0.4) is 0 Å². The van der Waals surface area contributed by atoms with Gasteiger partial charge in [-0.25, -0.2) is 0 Å². The lowest BCUT2D eigenvalue weighted by molar-refractivity contribution is -0.146. The number of ether oxygens (including phenoxy) is 1. The van der Waals surface area contributed by atoms with Crippen LogP contribution in [0.2, 0.25) is 5.02 Å². The molecule has 2 aromatic rings. The normalized spacial score (nSPS) is 17.0. The smallest absolute Gasteiger partial charge is 0.306 e. The van der Waals surface area contributed by atoms with E-state index < -0.39 is 0 Å². The van der Waals surface area contributed by atoms with Gasteiger partial charge in [-0.3, -0.25) is 9.59 Å². The highest BCUT2D eigenvalue weighted by molar-refractivity contribution is 6.30. The minimum absolute atomic E-state index is 0.0102. The van der Waals surface area contributed by atoms with Gasteiger partial charge in [0.25, 0.3) is 5.91 Å². The highest BCUT2D eigenvalue weighted by Crippen LogP contribution is 2.22. The van der Waals surface area contributed by atoms with Gasteiger partial charge in [0.1, 0.15) is 6.61 Å². The molecule has 3 rings (SSSR count). The van der Waals surface area contributed by atoms with Crippen LogP contribution < -0.4 is 0 Å². The lowest BCUT2D eigenvalue weighted by atomic mass is 9.94. The molecule has 0 aliphatic carbocycles. The first-order valence-electron chi connectivity index (χ1n) is 8.86. The average molecular weight is 372 g/mol. The molecule has 4 nitrogen and oxygen atoms in total. The van der Waals surface area contributed by atoms with Crippen LogP contribution >= 0.6 is 11.6 Å². The van der Waals surface area contributed by atoms with Crippen LogP contribution in [-0.2, 0) is 16.1 Å². The highest BCUT2D eigenvalue weighted by Gasteiger charge is 2.26. The fourth-order valence-corrected chi connectivity index (χ4v) is 3.35. The van der Waals surface area contributed by atoms with Crippen molar-refractivity contribution in [2.75, 3.05) is 13.1 Å². The summed E-state index contributed by atoms with van der Waals surface area (Å²) in [5.74, 6) is -0.0769. The molecule has 0 radical (unpaired) electrons. The van der Waals surface area contributed by atoms with E-state index >= 15 is 0 Å². The second-order valence-corrected chi connectivity index (χ2v) is 7.05. The van der Waals surface area contributed by atoms with Crippen LogP contribution in [0.4, 0.5) is 0 Å². The molecular formula is C21H22ClNO3. The number of rotatable bonds is 5. The molecule has 5 heteroatoms. The maximum absolute atomic E-state index is 12.6. The van der Waals surface area contributed by atoms with Crippen molar-refractivity contribution in [3.05, 3.63) is 70.7 Å². The van der Waals surface area contributed by atoms with Crippen molar-refractivity contribution >= 4 is 23.5 Å². The number of carbonyl (C=O) groups is 2. The molecule has 1 aliphatic heterocycles. The molecule has 0 aromatic heterocycles. The van der Waals surface area contributed by atoms with Gasteiger partial charge in [-0.1, -0.05) is 41.9 Å². The molecule has 2 aromatic carbocycles. The largest absolute Gasteiger partial charge is 0.461 e. The summed E-state index contributed by atoms with van der Waals surface area (Å²) in [6.07, 6.45) is 2.18. The van der Waals surface area contributed by atoms with Crippen LogP contribution in [0.15, 0.2) is 54.6 Å². The van der Waals surface area contributed by atoms with Gasteiger partial charge in [0.15, 0.2) is 0 Å². The van der Waals surface area contributed by atoms with Gasteiger partial charge in [-0.05, 0) is 48.6 Å². The molecule has 0 bridgehead atoms. The van der Waals surface area contributed by atoms with Crippen molar-refractivity contribution in [1.29, 1.82) is 0 Å². The number of nitrogens with zero attached hydrogens (tertiary/aromatic N) is 1. The quantitative estimate of drug-likeness (QED) is 0.735. The molecule has 1 amide bonds. The molecule has 1 heterocycles. The molecule has 26 heavy (non-hydrogen) atoms.